The highest BCUT2D eigenvalue weighted by atomic mass is 32.2. The molecule has 104 valence electrons. The lowest BCUT2D eigenvalue weighted by Gasteiger charge is -2.12. The number of nitrogens with zero attached hydrogens (tertiary/aromatic N) is 1. The summed E-state index contributed by atoms with van der Waals surface area (Å²) in [5.74, 6) is 0.0130. The molecule has 0 aliphatic carbocycles. The zero-order chi connectivity index (χ0) is 14.5. The van der Waals surface area contributed by atoms with Crippen molar-refractivity contribution in [3.63, 3.8) is 0 Å². The molecule has 0 aliphatic rings. The highest BCUT2D eigenvalue weighted by Crippen LogP contribution is 2.18. The number of aliphatic hydroxyl groups excluding tert-OH is 1. The number of sulfonamides is 1. The second-order valence-electron chi connectivity index (χ2n) is 4.34. The minimum Gasteiger partial charge on any atom is -0.399 e. The molecule has 0 radical (unpaired) electrons. The third kappa shape index (κ3) is 4.21. The molecule has 1 atom stereocenters. The first-order chi connectivity index (χ1) is 8.90. The number of anilines is 1. The highest BCUT2D eigenvalue weighted by Gasteiger charge is 2.19. The van der Waals surface area contributed by atoms with Crippen molar-refractivity contribution >= 4 is 15.7 Å². The molecule has 1 aromatic carbocycles. The molecule has 1 unspecified atom stereocenters. The van der Waals surface area contributed by atoms with E-state index in [1.807, 2.05) is 13.0 Å². The molecule has 0 bridgehead atoms. The molecule has 1 rings (SSSR count). The summed E-state index contributed by atoms with van der Waals surface area (Å²) >= 11 is 0. The number of nitriles is 1. The van der Waals surface area contributed by atoms with Gasteiger partial charge in [-0.15, -0.1) is 0 Å². The van der Waals surface area contributed by atoms with Crippen molar-refractivity contribution in [1.29, 1.82) is 5.26 Å². The summed E-state index contributed by atoms with van der Waals surface area (Å²) in [6, 6.07) is 5.89. The van der Waals surface area contributed by atoms with Gasteiger partial charge in [-0.25, -0.2) is 13.1 Å². The predicted octanol–water partition coefficient (Wildman–Crippen LogP) is 0.437. The second kappa shape index (κ2) is 6.52. The van der Waals surface area contributed by atoms with Crippen LogP contribution in [0, 0.1) is 17.2 Å². The molecule has 7 heteroatoms. The van der Waals surface area contributed by atoms with Crippen LogP contribution in [0.25, 0.3) is 0 Å². The van der Waals surface area contributed by atoms with Crippen molar-refractivity contribution in [1.82, 2.24) is 4.72 Å². The van der Waals surface area contributed by atoms with E-state index in [2.05, 4.69) is 4.72 Å². The molecule has 0 fully saturated rings. The monoisotopic (exact) mass is 283 g/mol. The number of nitrogens with two attached hydrogens (primary N) is 1. The van der Waals surface area contributed by atoms with E-state index in [9.17, 15) is 8.42 Å². The Morgan fingerprint density at radius 3 is 2.79 bits per heavy atom. The Labute approximate surface area is 112 Å². The number of nitrogens with one attached hydrogen (secondary N) is 1. The SMILES string of the molecule is CC(CCO)CNS(=O)(=O)c1ccc(N)cc1C#N. The van der Waals surface area contributed by atoms with Crippen LogP contribution in [0.3, 0.4) is 0 Å². The fourth-order valence-electron chi connectivity index (χ4n) is 1.52. The van der Waals surface area contributed by atoms with Crippen LogP contribution in [-0.4, -0.2) is 26.7 Å². The molecule has 0 spiro atoms. The van der Waals surface area contributed by atoms with Gasteiger partial charge in [0.1, 0.15) is 6.07 Å². The molecule has 0 saturated carbocycles. The van der Waals surface area contributed by atoms with Crippen LogP contribution >= 0.6 is 0 Å². The number of nitrogen functional groups attached to an aromatic ring is 1. The number of benzene rings is 1. The summed E-state index contributed by atoms with van der Waals surface area (Å²) in [7, 11) is -3.74. The summed E-state index contributed by atoms with van der Waals surface area (Å²) in [5, 5.41) is 17.7. The first kappa shape index (κ1) is 15.4. The molecular formula is C12H17N3O3S. The van der Waals surface area contributed by atoms with Gasteiger partial charge in [-0.1, -0.05) is 6.92 Å². The zero-order valence-corrected chi connectivity index (χ0v) is 11.4. The summed E-state index contributed by atoms with van der Waals surface area (Å²) in [5.41, 5.74) is 5.87. The van der Waals surface area contributed by atoms with E-state index >= 15 is 0 Å². The molecule has 1 aromatic rings. The van der Waals surface area contributed by atoms with Crippen LogP contribution in [0.1, 0.15) is 18.9 Å². The van der Waals surface area contributed by atoms with Gasteiger partial charge >= 0.3 is 0 Å². The molecule has 6 nitrogen and oxygen atoms in total. The van der Waals surface area contributed by atoms with Crippen molar-refractivity contribution < 1.29 is 13.5 Å². The quantitative estimate of drug-likeness (QED) is 0.655. The van der Waals surface area contributed by atoms with E-state index in [-0.39, 0.29) is 29.5 Å². The maximum atomic E-state index is 12.1. The second-order valence-corrected chi connectivity index (χ2v) is 6.07. The minimum absolute atomic E-state index is 0.00815. The molecule has 19 heavy (non-hydrogen) atoms. The number of hydrogen-bond donors (Lipinski definition) is 3. The Morgan fingerprint density at radius 2 is 2.21 bits per heavy atom. The normalized spacial score (nSPS) is 12.9. The van der Waals surface area contributed by atoms with Crippen LogP contribution in [0.5, 0.6) is 0 Å². The third-order valence-corrected chi connectivity index (χ3v) is 4.14. The lowest BCUT2D eigenvalue weighted by atomic mass is 10.1. The first-order valence-corrected chi connectivity index (χ1v) is 7.29. The van der Waals surface area contributed by atoms with E-state index in [1.54, 1.807) is 0 Å². The molecule has 0 aromatic heterocycles. The first-order valence-electron chi connectivity index (χ1n) is 5.81. The predicted molar refractivity (Wildman–Crippen MR) is 71.6 cm³/mol. The van der Waals surface area contributed by atoms with E-state index in [4.69, 9.17) is 16.1 Å². The topological polar surface area (TPSA) is 116 Å². The van der Waals surface area contributed by atoms with Crippen LogP contribution in [0.15, 0.2) is 23.1 Å². The maximum Gasteiger partial charge on any atom is 0.241 e. The van der Waals surface area contributed by atoms with Crippen molar-refractivity contribution in [3.8, 4) is 6.07 Å². The van der Waals surface area contributed by atoms with Crippen LogP contribution in [-0.2, 0) is 10.0 Å². The molecule has 0 aliphatic heterocycles. The molecule has 0 saturated heterocycles. The van der Waals surface area contributed by atoms with Gasteiger partial charge in [0.05, 0.1) is 10.5 Å². The lowest BCUT2D eigenvalue weighted by molar-refractivity contribution is 0.263. The largest absolute Gasteiger partial charge is 0.399 e. The summed E-state index contributed by atoms with van der Waals surface area (Å²) in [4.78, 5) is -0.0830. The molecule has 4 N–H and O–H groups in total. The zero-order valence-electron chi connectivity index (χ0n) is 10.6. The van der Waals surface area contributed by atoms with Gasteiger partial charge < -0.3 is 10.8 Å². The Hall–Kier alpha value is -1.62. The van der Waals surface area contributed by atoms with Gasteiger partial charge in [-0.2, -0.15) is 5.26 Å². The number of rotatable bonds is 6. The fraction of sp³-hybridized carbons (Fsp3) is 0.417. The lowest BCUT2D eigenvalue weighted by Crippen LogP contribution is -2.29. The van der Waals surface area contributed by atoms with Crippen LogP contribution < -0.4 is 10.5 Å². The van der Waals surface area contributed by atoms with Gasteiger partial charge in [-0.05, 0) is 30.5 Å². The van der Waals surface area contributed by atoms with Gasteiger partial charge in [0.15, 0.2) is 0 Å². The van der Waals surface area contributed by atoms with Gasteiger partial charge in [-0.3, -0.25) is 0 Å². The van der Waals surface area contributed by atoms with Gasteiger partial charge in [0.2, 0.25) is 10.0 Å². The van der Waals surface area contributed by atoms with Crippen LogP contribution in [0.4, 0.5) is 5.69 Å². The Morgan fingerprint density at radius 1 is 1.53 bits per heavy atom. The summed E-state index contributed by atoms with van der Waals surface area (Å²) < 4.78 is 26.6. The highest BCUT2D eigenvalue weighted by molar-refractivity contribution is 7.89. The van der Waals surface area contributed by atoms with E-state index in [1.165, 1.54) is 18.2 Å². The van der Waals surface area contributed by atoms with Crippen molar-refractivity contribution in [2.45, 2.75) is 18.2 Å². The standard InChI is InChI=1S/C12H17N3O3S/c1-9(4-5-16)8-15-19(17,18)12-3-2-11(14)6-10(12)7-13/h2-3,6,9,15-16H,4-5,8,14H2,1H3. The van der Waals surface area contributed by atoms with Gasteiger partial charge in [0.25, 0.3) is 0 Å². The van der Waals surface area contributed by atoms with Gasteiger partial charge in [0, 0.05) is 18.8 Å². The molecular weight excluding hydrogens is 266 g/mol. The van der Waals surface area contributed by atoms with E-state index in [0.29, 0.717) is 12.1 Å². The maximum absolute atomic E-state index is 12.1. The Bertz CT molecular complexity index is 578. The average molecular weight is 283 g/mol. The van der Waals surface area contributed by atoms with Crippen molar-refractivity contribution in [2.75, 3.05) is 18.9 Å². The number of aliphatic hydroxyl groups is 1. The van der Waals surface area contributed by atoms with Crippen molar-refractivity contribution in [2.24, 2.45) is 5.92 Å². The van der Waals surface area contributed by atoms with E-state index < -0.39 is 10.0 Å². The third-order valence-electron chi connectivity index (χ3n) is 2.66. The average Bonchev–Trinajstić information content (AvgIpc) is 2.36. The number of hydrogen-bond acceptors (Lipinski definition) is 5. The smallest absolute Gasteiger partial charge is 0.241 e. The summed E-state index contributed by atoms with van der Waals surface area (Å²) in [6.45, 7) is 2.04. The summed E-state index contributed by atoms with van der Waals surface area (Å²) in [6.07, 6.45) is 0.509. The van der Waals surface area contributed by atoms with E-state index in [0.717, 1.165) is 0 Å². The van der Waals surface area contributed by atoms with Crippen LogP contribution in [0.2, 0.25) is 0 Å². The minimum atomic E-state index is -3.74. The molecule has 0 amide bonds. The molecule has 0 heterocycles. The Balaban J connectivity index is 2.92. The fourth-order valence-corrected chi connectivity index (χ4v) is 2.82. The van der Waals surface area contributed by atoms with Crippen molar-refractivity contribution in [3.05, 3.63) is 23.8 Å². The Kier molecular flexibility index (Phi) is 5.30.